The number of carbonyl (C=O) groups excluding carboxylic acids is 1. The van der Waals surface area contributed by atoms with E-state index in [0.29, 0.717) is 13.0 Å². The molecule has 4 N–H and O–H groups in total. The van der Waals surface area contributed by atoms with Gasteiger partial charge in [-0.05, 0) is 6.42 Å². The van der Waals surface area contributed by atoms with Crippen LogP contribution in [0.3, 0.4) is 0 Å². The Balaban J connectivity index is 2.47. The Morgan fingerprint density at radius 1 is 1.73 bits per heavy atom. The molecule has 11 heavy (non-hydrogen) atoms. The zero-order valence-corrected chi connectivity index (χ0v) is 6.63. The Hall–Kier alpha value is -0.460. The highest BCUT2D eigenvalue weighted by Crippen LogP contribution is 2.10. The molecule has 5 nitrogen and oxygen atoms in total. The molecule has 0 bridgehead atoms. The third-order valence-electron chi connectivity index (χ3n) is 1.72. The van der Waals surface area contributed by atoms with E-state index >= 15 is 0 Å². The number of carbonyl (C=O) groups is 1. The fraction of sp³-hybridized carbons (Fsp3) is 0.800. The van der Waals surface area contributed by atoms with Crippen LogP contribution >= 0.6 is 0 Å². The Morgan fingerprint density at radius 3 is 2.64 bits per heavy atom. The minimum atomic E-state index is -1.85. The van der Waals surface area contributed by atoms with Crippen LogP contribution in [-0.4, -0.2) is 32.5 Å². The van der Waals surface area contributed by atoms with Gasteiger partial charge in [-0.3, -0.25) is 4.79 Å². The fourth-order valence-electron chi connectivity index (χ4n) is 1.07. The molecule has 0 aromatic carbocycles. The lowest BCUT2D eigenvalue weighted by molar-refractivity contribution is -0.119. The Kier molecular flexibility index (Phi) is 2.58. The number of rotatable bonds is 2. The van der Waals surface area contributed by atoms with Crippen LogP contribution < -0.4 is 11.1 Å². The first-order valence-corrected chi connectivity index (χ1v) is 4.40. The van der Waals surface area contributed by atoms with Gasteiger partial charge in [0.1, 0.15) is 0 Å². The highest BCUT2D eigenvalue weighted by Gasteiger charge is 2.30. The van der Waals surface area contributed by atoms with Gasteiger partial charge in [0.15, 0.2) is 11.1 Å². The van der Waals surface area contributed by atoms with E-state index in [0.717, 1.165) is 0 Å². The van der Waals surface area contributed by atoms with Crippen LogP contribution in [0.1, 0.15) is 6.42 Å². The van der Waals surface area contributed by atoms with E-state index in [4.69, 9.17) is 10.3 Å². The van der Waals surface area contributed by atoms with Gasteiger partial charge in [-0.15, -0.1) is 0 Å². The summed E-state index contributed by atoms with van der Waals surface area (Å²) in [5.41, 5.74) is 4.98. The van der Waals surface area contributed by atoms with Crippen molar-refractivity contribution in [3.05, 3.63) is 0 Å². The molecule has 1 aliphatic rings. The Bertz CT molecular complexity index is 176. The van der Waals surface area contributed by atoms with Crippen molar-refractivity contribution in [1.29, 1.82) is 0 Å². The summed E-state index contributed by atoms with van der Waals surface area (Å²) in [5, 5.41) is 2.41. The van der Waals surface area contributed by atoms with Gasteiger partial charge in [-0.2, -0.15) is 0 Å². The number of amides is 1. The lowest BCUT2D eigenvalue weighted by Gasteiger charge is -2.02. The molecule has 6 heteroatoms. The van der Waals surface area contributed by atoms with Crippen LogP contribution in [0.5, 0.6) is 0 Å². The number of nitrogens with two attached hydrogens (primary N) is 1. The SMILES string of the molecule is NC(=O)[C@@H]1CC(S(=O)O)CN1. The van der Waals surface area contributed by atoms with Gasteiger partial charge in [0.05, 0.1) is 11.3 Å². The number of primary amides is 1. The minimum Gasteiger partial charge on any atom is -0.368 e. The summed E-state index contributed by atoms with van der Waals surface area (Å²) in [7, 11) is 0. The molecule has 1 saturated heterocycles. The standard InChI is InChI=1S/C5H10N2O3S/c6-5(8)4-1-3(2-7-4)11(9)10/h3-4,7H,1-2H2,(H2,6,8)(H,9,10)/t3?,4-/m0/s1. The molecule has 0 aromatic heterocycles. The molecule has 0 radical (unpaired) electrons. The molecule has 0 spiro atoms. The first-order chi connectivity index (χ1) is 5.11. The summed E-state index contributed by atoms with van der Waals surface area (Å²) in [6, 6.07) is -0.434. The molecule has 1 rings (SSSR count). The smallest absolute Gasteiger partial charge is 0.234 e. The third kappa shape index (κ3) is 1.98. The Labute approximate surface area is 66.6 Å². The Morgan fingerprint density at radius 2 is 2.36 bits per heavy atom. The summed E-state index contributed by atoms with van der Waals surface area (Å²) < 4.78 is 19.1. The van der Waals surface area contributed by atoms with Crippen molar-refractivity contribution in [2.75, 3.05) is 6.54 Å². The van der Waals surface area contributed by atoms with E-state index < -0.39 is 23.0 Å². The average Bonchev–Trinajstić information content (AvgIpc) is 2.33. The normalized spacial score (nSPS) is 33.5. The predicted molar refractivity (Wildman–Crippen MR) is 40.2 cm³/mol. The van der Waals surface area contributed by atoms with E-state index in [-0.39, 0.29) is 5.25 Å². The number of hydrogen-bond acceptors (Lipinski definition) is 3. The molecule has 0 aliphatic carbocycles. The average molecular weight is 178 g/mol. The van der Waals surface area contributed by atoms with Gasteiger partial charge in [-0.25, -0.2) is 4.21 Å². The van der Waals surface area contributed by atoms with Gasteiger partial charge in [0.25, 0.3) is 0 Å². The van der Waals surface area contributed by atoms with Crippen molar-refractivity contribution in [2.24, 2.45) is 5.73 Å². The molecule has 1 heterocycles. The minimum absolute atomic E-state index is 0.354. The topological polar surface area (TPSA) is 92.4 Å². The highest BCUT2D eigenvalue weighted by atomic mass is 32.2. The second-order valence-corrected chi connectivity index (χ2v) is 3.72. The maximum Gasteiger partial charge on any atom is 0.234 e. The molecule has 64 valence electrons. The molecular formula is C5H10N2O3S. The summed E-state index contributed by atoms with van der Waals surface area (Å²) in [5.74, 6) is -0.460. The van der Waals surface area contributed by atoms with Gasteiger partial charge in [0, 0.05) is 6.54 Å². The van der Waals surface area contributed by atoms with Crippen LogP contribution in [0.25, 0.3) is 0 Å². The molecular weight excluding hydrogens is 168 g/mol. The van der Waals surface area contributed by atoms with E-state index in [1.54, 1.807) is 0 Å². The van der Waals surface area contributed by atoms with Crippen molar-refractivity contribution in [3.63, 3.8) is 0 Å². The van der Waals surface area contributed by atoms with Gasteiger partial charge >= 0.3 is 0 Å². The monoisotopic (exact) mass is 178 g/mol. The van der Waals surface area contributed by atoms with E-state index in [1.807, 2.05) is 0 Å². The summed E-state index contributed by atoms with van der Waals surface area (Å²) >= 11 is -1.85. The highest BCUT2D eigenvalue weighted by molar-refractivity contribution is 7.79. The van der Waals surface area contributed by atoms with E-state index in [9.17, 15) is 9.00 Å². The van der Waals surface area contributed by atoms with Crippen LogP contribution in [0.15, 0.2) is 0 Å². The molecule has 1 amide bonds. The molecule has 3 atom stereocenters. The molecule has 1 aliphatic heterocycles. The number of nitrogens with one attached hydrogen (secondary N) is 1. The first-order valence-electron chi connectivity index (χ1n) is 3.23. The van der Waals surface area contributed by atoms with E-state index in [2.05, 4.69) is 5.32 Å². The van der Waals surface area contributed by atoms with Crippen molar-refractivity contribution in [3.8, 4) is 0 Å². The molecule has 0 saturated carbocycles. The lowest BCUT2D eigenvalue weighted by atomic mass is 10.2. The fourth-order valence-corrected chi connectivity index (χ4v) is 1.67. The predicted octanol–water partition coefficient (Wildman–Crippen LogP) is -1.58. The van der Waals surface area contributed by atoms with Crippen LogP contribution in [-0.2, 0) is 15.9 Å². The van der Waals surface area contributed by atoms with Crippen molar-refractivity contribution < 1.29 is 13.6 Å². The van der Waals surface area contributed by atoms with Crippen molar-refractivity contribution >= 4 is 17.0 Å². The summed E-state index contributed by atoms with van der Waals surface area (Å²) in [6.07, 6.45) is 0.360. The van der Waals surface area contributed by atoms with Crippen molar-refractivity contribution in [2.45, 2.75) is 17.7 Å². The summed E-state index contributed by atoms with van der Waals surface area (Å²) in [6.45, 7) is 0.386. The first kappa shape index (κ1) is 8.63. The second kappa shape index (κ2) is 3.29. The lowest BCUT2D eigenvalue weighted by Crippen LogP contribution is -2.36. The van der Waals surface area contributed by atoms with Crippen LogP contribution in [0, 0.1) is 0 Å². The largest absolute Gasteiger partial charge is 0.368 e. The summed E-state index contributed by atoms with van der Waals surface area (Å²) in [4.78, 5) is 10.5. The van der Waals surface area contributed by atoms with E-state index in [1.165, 1.54) is 0 Å². The maximum absolute atomic E-state index is 10.5. The zero-order valence-electron chi connectivity index (χ0n) is 5.82. The second-order valence-electron chi connectivity index (χ2n) is 2.50. The van der Waals surface area contributed by atoms with Gasteiger partial charge in [-0.1, -0.05) is 0 Å². The molecule has 2 unspecified atom stereocenters. The molecule has 0 aromatic rings. The molecule has 1 fully saturated rings. The maximum atomic E-state index is 10.5. The van der Waals surface area contributed by atoms with Gasteiger partial charge < -0.3 is 15.6 Å². The van der Waals surface area contributed by atoms with Crippen LogP contribution in [0.4, 0.5) is 0 Å². The third-order valence-corrected chi connectivity index (χ3v) is 2.65. The van der Waals surface area contributed by atoms with Crippen molar-refractivity contribution in [1.82, 2.24) is 5.32 Å². The van der Waals surface area contributed by atoms with Crippen LogP contribution in [0.2, 0.25) is 0 Å². The number of hydrogen-bond donors (Lipinski definition) is 3. The quantitative estimate of drug-likeness (QED) is 0.445. The zero-order chi connectivity index (χ0) is 8.43. The van der Waals surface area contributed by atoms with Gasteiger partial charge in [0.2, 0.25) is 5.91 Å².